The van der Waals surface area contributed by atoms with Gasteiger partial charge in [-0.2, -0.15) is 0 Å². The Hall–Kier alpha value is -1.20. The Morgan fingerprint density at radius 2 is 2.40 bits per heavy atom. The Kier molecular flexibility index (Phi) is 3.99. The standard InChI is InChI=1S/C13H18O2/c1-4-13(14,5-2)10-11(3)9-12-7-6-8-15-12/h1,6-8,11,14H,5,9-10H2,2-3H3. The normalized spacial score (nSPS) is 16.7. The summed E-state index contributed by atoms with van der Waals surface area (Å²) >= 11 is 0. The van der Waals surface area contributed by atoms with Gasteiger partial charge in [-0.05, 0) is 30.9 Å². The minimum Gasteiger partial charge on any atom is -0.469 e. The SMILES string of the molecule is C#CC(O)(CC)CC(C)Cc1ccco1. The number of furan rings is 1. The van der Waals surface area contributed by atoms with E-state index in [4.69, 9.17) is 10.8 Å². The molecule has 0 bridgehead atoms. The van der Waals surface area contributed by atoms with Gasteiger partial charge < -0.3 is 9.52 Å². The van der Waals surface area contributed by atoms with Crippen LogP contribution in [0.15, 0.2) is 22.8 Å². The van der Waals surface area contributed by atoms with Crippen molar-refractivity contribution in [1.82, 2.24) is 0 Å². The van der Waals surface area contributed by atoms with E-state index in [1.54, 1.807) is 6.26 Å². The molecule has 0 aliphatic carbocycles. The zero-order valence-corrected chi connectivity index (χ0v) is 9.36. The molecule has 82 valence electrons. The second-order valence-electron chi connectivity index (χ2n) is 4.12. The number of aliphatic hydroxyl groups is 1. The molecule has 1 rings (SSSR count). The van der Waals surface area contributed by atoms with Crippen molar-refractivity contribution in [1.29, 1.82) is 0 Å². The molecule has 15 heavy (non-hydrogen) atoms. The van der Waals surface area contributed by atoms with Crippen molar-refractivity contribution in [3.05, 3.63) is 24.2 Å². The topological polar surface area (TPSA) is 33.4 Å². The molecule has 0 fully saturated rings. The van der Waals surface area contributed by atoms with E-state index in [1.165, 1.54) is 0 Å². The van der Waals surface area contributed by atoms with Crippen molar-refractivity contribution in [2.45, 2.75) is 38.7 Å². The average molecular weight is 206 g/mol. The van der Waals surface area contributed by atoms with Gasteiger partial charge in [0.05, 0.1) is 6.26 Å². The van der Waals surface area contributed by atoms with E-state index in [1.807, 2.05) is 19.1 Å². The highest BCUT2D eigenvalue weighted by molar-refractivity contribution is 5.08. The first-order valence-corrected chi connectivity index (χ1v) is 5.32. The van der Waals surface area contributed by atoms with Gasteiger partial charge in [-0.25, -0.2) is 0 Å². The van der Waals surface area contributed by atoms with Gasteiger partial charge in [-0.1, -0.05) is 19.8 Å². The highest BCUT2D eigenvalue weighted by Crippen LogP contribution is 2.22. The van der Waals surface area contributed by atoms with Crippen LogP contribution in [-0.4, -0.2) is 10.7 Å². The minimum absolute atomic E-state index is 0.317. The van der Waals surface area contributed by atoms with Crippen LogP contribution in [0.25, 0.3) is 0 Å². The molecule has 0 saturated carbocycles. The largest absolute Gasteiger partial charge is 0.469 e. The predicted molar refractivity (Wildman–Crippen MR) is 60.3 cm³/mol. The maximum atomic E-state index is 9.96. The van der Waals surface area contributed by atoms with Crippen LogP contribution in [0.4, 0.5) is 0 Å². The summed E-state index contributed by atoms with van der Waals surface area (Å²) < 4.78 is 5.25. The molecule has 0 amide bonds. The predicted octanol–water partition coefficient (Wildman–Crippen LogP) is 2.62. The van der Waals surface area contributed by atoms with Crippen LogP contribution in [0.2, 0.25) is 0 Å². The molecule has 0 saturated heterocycles. The minimum atomic E-state index is -0.966. The molecule has 0 aliphatic heterocycles. The van der Waals surface area contributed by atoms with Gasteiger partial charge in [0, 0.05) is 6.42 Å². The van der Waals surface area contributed by atoms with Crippen molar-refractivity contribution >= 4 is 0 Å². The molecule has 2 atom stereocenters. The summed E-state index contributed by atoms with van der Waals surface area (Å²) in [4.78, 5) is 0. The fraction of sp³-hybridized carbons (Fsp3) is 0.538. The van der Waals surface area contributed by atoms with Crippen LogP contribution < -0.4 is 0 Å². The average Bonchev–Trinajstić information content (AvgIpc) is 2.70. The Morgan fingerprint density at radius 1 is 1.67 bits per heavy atom. The smallest absolute Gasteiger partial charge is 0.125 e. The summed E-state index contributed by atoms with van der Waals surface area (Å²) in [5.41, 5.74) is -0.966. The van der Waals surface area contributed by atoms with E-state index in [2.05, 4.69) is 12.8 Å². The van der Waals surface area contributed by atoms with Gasteiger partial charge in [-0.15, -0.1) is 6.42 Å². The lowest BCUT2D eigenvalue weighted by atomic mass is 9.88. The molecular weight excluding hydrogens is 188 g/mol. The van der Waals surface area contributed by atoms with Gasteiger partial charge in [-0.3, -0.25) is 0 Å². The maximum absolute atomic E-state index is 9.96. The van der Waals surface area contributed by atoms with E-state index in [0.29, 0.717) is 18.8 Å². The van der Waals surface area contributed by atoms with E-state index >= 15 is 0 Å². The second-order valence-corrected chi connectivity index (χ2v) is 4.12. The zero-order chi connectivity index (χ0) is 11.3. The molecule has 1 N–H and O–H groups in total. The molecule has 2 unspecified atom stereocenters. The van der Waals surface area contributed by atoms with Gasteiger partial charge in [0.1, 0.15) is 11.4 Å². The summed E-state index contributed by atoms with van der Waals surface area (Å²) in [6, 6.07) is 3.81. The van der Waals surface area contributed by atoms with Gasteiger partial charge in [0.15, 0.2) is 0 Å². The molecule has 0 aromatic carbocycles. The Labute approximate surface area is 91.3 Å². The first-order valence-electron chi connectivity index (χ1n) is 5.32. The van der Waals surface area contributed by atoms with E-state index < -0.39 is 5.60 Å². The first kappa shape index (κ1) is 11.9. The van der Waals surface area contributed by atoms with Crippen LogP contribution in [-0.2, 0) is 6.42 Å². The molecule has 1 aromatic heterocycles. The molecule has 0 spiro atoms. The number of rotatable bonds is 5. The van der Waals surface area contributed by atoms with Crippen molar-refractivity contribution in [3.63, 3.8) is 0 Å². The van der Waals surface area contributed by atoms with Crippen molar-refractivity contribution < 1.29 is 9.52 Å². The highest BCUT2D eigenvalue weighted by atomic mass is 16.3. The molecule has 1 heterocycles. The third-order valence-corrected chi connectivity index (χ3v) is 2.67. The lowest BCUT2D eigenvalue weighted by Gasteiger charge is -2.23. The van der Waals surface area contributed by atoms with E-state index in [9.17, 15) is 5.11 Å². The van der Waals surface area contributed by atoms with Crippen LogP contribution in [0.1, 0.15) is 32.4 Å². The van der Waals surface area contributed by atoms with Crippen LogP contribution in [0.5, 0.6) is 0 Å². The highest BCUT2D eigenvalue weighted by Gasteiger charge is 2.24. The summed E-state index contributed by atoms with van der Waals surface area (Å²) in [6.45, 7) is 3.97. The van der Waals surface area contributed by atoms with Crippen LogP contribution >= 0.6 is 0 Å². The molecule has 2 heteroatoms. The fourth-order valence-electron chi connectivity index (χ4n) is 1.73. The second kappa shape index (κ2) is 5.04. The summed E-state index contributed by atoms with van der Waals surface area (Å²) in [5.74, 6) is 3.72. The van der Waals surface area contributed by atoms with Crippen LogP contribution in [0.3, 0.4) is 0 Å². The van der Waals surface area contributed by atoms with Crippen molar-refractivity contribution in [3.8, 4) is 12.3 Å². The molecule has 1 aromatic rings. The monoisotopic (exact) mass is 206 g/mol. The van der Waals surface area contributed by atoms with Gasteiger partial charge in [0.25, 0.3) is 0 Å². The number of hydrogen-bond donors (Lipinski definition) is 1. The summed E-state index contributed by atoms with van der Waals surface area (Å²) in [6.07, 6.45) is 9.00. The van der Waals surface area contributed by atoms with Gasteiger partial charge >= 0.3 is 0 Å². The zero-order valence-electron chi connectivity index (χ0n) is 9.36. The molecule has 2 nitrogen and oxygen atoms in total. The van der Waals surface area contributed by atoms with Gasteiger partial charge in [0.2, 0.25) is 0 Å². The quantitative estimate of drug-likeness (QED) is 0.751. The third kappa shape index (κ3) is 3.45. The number of hydrogen-bond acceptors (Lipinski definition) is 2. The Bertz CT molecular complexity index is 321. The first-order chi connectivity index (χ1) is 7.09. The molecule has 0 radical (unpaired) electrons. The van der Waals surface area contributed by atoms with Crippen LogP contribution in [0, 0.1) is 18.3 Å². The van der Waals surface area contributed by atoms with Crippen molar-refractivity contribution in [2.75, 3.05) is 0 Å². The lowest BCUT2D eigenvalue weighted by molar-refractivity contribution is 0.0709. The molecule has 0 aliphatic rings. The summed E-state index contributed by atoms with van der Waals surface area (Å²) in [7, 11) is 0. The third-order valence-electron chi connectivity index (χ3n) is 2.67. The lowest BCUT2D eigenvalue weighted by Crippen LogP contribution is -2.28. The van der Waals surface area contributed by atoms with E-state index in [-0.39, 0.29) is 0 Å². The molecular formula is C13H18O2. The summed E-state index contributed by atoms with van der Waals surface area (Å²) in [5, 5.41) is 9.96. The van der Waals surface area contributed by atoms with E-state index in [0.717, 1.165) is 12.2 Å². The number of terminal acetylenes is 1. The maximum Gasteiger partial charge on any atom is 0.125 e. The Balaban J connectivity index is 2.49. The Morgan fingerprint density at radius 3 is 2.87 bits per heavy atom. The fourth-order valence-corrected chi connectivity index (χ4v) is 1.73. The van der Waals surface area contributed by atoms with Crippen molar-refractivity contribution in [2.24, 2.45) is 5.92 Å².